The summed E-state index contributed by atoms with van der Waals surface area (Å²) in [5.74, 6) is 0.545. The fraction of sp³-hybridized carbons (Fsp3) is 0.500. The molecule has 1 aromatic carbocycles. The molecule has 5 nitrogen and oxygen atoms in total. The number of para-hydroxylation sites is 1. The molecule has 19 heavy (non-hydrogen) atoms. The molecule has 5 heteroatoms. The minimum absolute atomic E-state index is 0.0152. The number of nitrogens with two attached hydrogens (primary N) is 1. The molecule has 1 amide bonds. The van der Waals surface area contributed by atoms with Gasteiger partial charge in [0.2, 0.25) is 0 Å². The number of amides is 1. The summed E-state index contributed by atoms with van der Waals surface area (Å²) in [6.45, 7) is 1.77. The average molecular weight is 266 g/mol. The molecular weight excluding hydrogens is 244 g/mol. The maximum Gasteiger partial charge on any atom is 0.257 e. The Labute approximate surface area is 114 Å². The van der Waals surface area contributed by atoms with Crippen molar-refractivity contribution in [3.8, 4) is 5.75 Å². The van der Waals surface area contributed by atoms with Crippen molar-refractivity contribution >= 4 is 5.91 Å². The number of nitrogens with one attached hydrogen (secondary N) is 1. The van der Waals surface area contributed by atoms with Crippen molar-refractivity contribution in [2.75, 3.05) is 26.9 Å². The summed E-state index contributed by atoms with van der Waals surface area (Å²) in [6.07, 6.45) is 1.84. The predicted molar refractivity (Wildman–Crippen MR) is 73.9 cm³/mol. The molecule has 0 unspecified atom stereocenters. The summed E-state index contributed by atoms with van der Waals surface area (Å²) in [4.78, 5) is 11.6. The number of unbranched alkanes of at least 4 members (excludes halogenated alkanes) is 1. The second-order valence-corrected chi connectivity index (χ2v) is 4.15. The Kier molecular flexibility index (Phi) is 7.62. The van der Waals surface area contributed by atoms with Gasteiger partial charge in [0, 0.05) is 32.4 Å². The number of rotatable bonds is 9. The lowest BCUT2D eigenvalue weighted by Crippen LogP contribution is -2.30. The van der Waals surface area contributed by atoms with E-state index in [2.05, 4.69) is 5.32 Å². The van der Waals surface area contributed by atoms with Crippen molar-refractivity contribution in [1.82, 2.24) is 5.32 Å². The molecule has 0 radical (unpaired) electrons. The molecule has 0 bridgehead atoms. The zero-order valence-corrected chi connectivity index (χ0v) is 11.4. The van der Waals surface area contributed by atoms with Crippen LogP contribution >= 0.6 is 0 Å². The Hall–Kier alpha value is -1.59. The second kappa shape index (κ2) is 9.35. The van der Waals surface area contributed by atoms with E-state index in [4.69, 9.17) is 15.2 Å². The molecule has 0 aliphatic rings. The fourth-order valence-electron chi connectivity index (χ4n) is 1.61. The van der Waals surface area contributed by atoms with Crippen LogP contribution in [0.1, 0.15) is 18.4 Å². The first kappa shape index (κ1) is 15.5. The second-order valence-electron chi connectivity index (χ2n) is 4.15. The maximum absolute atomic E-state index is 11.6. The van der Waals surface area contributed by atoms with E-state index >= 15 is 0 Å². The Morgan fingerprint density at radius 1 is 1.32 bits per heavy atom. The number of carbonyl (C=O) groups is 1. The number of carbonyl (C=O) groups excluding carboxylic acids is 1. The van der Waals surface area contributed by atoms with Gasteiger partial charge in [0.15, 0.2) is 6.61 Å². The van der Waals surface area contributed by atoms with Crippen molar-refractivity contribution in [3.63, 3.8) is 0 Å². The summed E-state index contributed by atoms with van der Waals surface area (Å²) in [5.41, 5.74) is 6.49. The largest absolute Gasteiger partial charge is 0.483 e. The summed E-state index contributed by atoms with van der Waals surface area (Å²) in [5, 5.41) is 2.80. The topological polar surface area (TPSA) is 73.6 Å². The Balaban J connectivity index is 2.22. The van der Waals surface area contributed by atoms with Gasteiger partial charge in [-0.25, -0.2) is 0 Å². The van der Waals surface area contributed by atoms with Crippen LogP contribution in [0.2, 0.25) is 0 Å². The molecule has 0 aliphatic carbocycles. The predicted octanol–water partition coefficient (Wildman–Crippen LogP) is 1.07. The quantitative estimate of drug-likeness (QED) is 0.656. The Morgan fingerprint density at radius 2 is 2.11 bits per heavy atom. The number of ether oxygens (including phenoxy) is 2. The SMILES string of the molecule is COCCCCNC(=O)COc1ccccc1CN. The van der Waals surface area contributed by atoms with Gasteiger partial charge in [0.25, 0.3) is 5.91 Å². The number of benzene rings is 1. The van der Waals surface area contributed by atoms with Crippen LogP contribution in [-0.2, 0) is 16.1 Å². The first-order valence-electron chi connectivity index (χ1n) is 6.44. The lowest BCUT2D eigenvalue weighted by atomic mass is 10.2. The molecular formula is C14H22N2O3. The van der Waals surface area contributed by atoms with E-state index in [9.17, 15) is 4.79 Å². The molecule has 0 spiro atoms. The Bertz CT molecular complexity index is 383. The van der Waals surface area contributed by atoms with Gasteiger partial charge < -0.3 is 20.5 Å². The first-order valence-corrected chi connectivity index (χ1v) is 6.44. The van der Waals surface area contributed by atoms with Gasteiger partial charge in [-0.05, 0) is 18.9 Å². The van der Waals surface area contributed by atoms with E-state index in [1.165, 1.54) is 0 Å². The summed E-state index contributed by atoms with van der Waals surface area (Å²) in [6, 6.07) is 7.45. The monoisotopic (exact) mass is 266 g/mol. The van der Waals surface area contributed by atoms with Gasteiger partial charge >= 0.3 is 0 Å². The van der Waals surface area contributed by atoms with Gasteiger partial charge in [-0.15, -0.1) is 0 Å². The highest BCUT2D eigenvalue weighted by Gasteiger charge is 2.05. The zero-order chi connectivity index (χ0) is 13.9. The van der Waals surface area contributed by atoms with Gasteiger partial charge in [-0.2, -0.15) is 0 Å². The third kappa shape index (κ3) is 6.22. The Morgan fingerprint density at radius 3 is 2.84 bits per heavy atom. The van der Waals surface area contributed by atoms with Gasteiger partial charge in [0.1, 0.15) is 5.75 Å². The van der Waals surface area contributed by atoms with Gasteiger partial charge in [-0.3, -0.25) is 4.79 Å². The van der Waals surface area contributed by atoms with Crippen molar-refractivity contribution in [1.29, 1.82) is 0 Å². The molecule has 106 valence electrons. The average Bonchev–Trinajstić information content (AvgIpc) is 2.45. The van der Waals surface area contributed by atoms with Crippen molar-refractivity contribution in [3.05, 3.63) is 29.8 Å². The maximum atomic E-state index is 11.6. The molecule has 0 atom stereocenters. The summed E-state index contributed by atoms with van der Waals surface area (Å²) < 4.78 is 10.4. The van der Waals surface area contributed by atoms with Gasteiger partial charge in [-0.1, -0.05) is 18.2 Å². The minimum Gasteiger partial charge on any atom is -0.483 e. The lowest BCUT2D eigenvalue weighted by molar-refractivity contribution is -0.123. The van der Waals surface area contributed by atoms with Crippen LogP contribution in [0.15, 0.2) is 24.3 Å². The number of methoxy groups -OCH3 is 1. The molecule has 3 N–H and O–H groups in total. The first-order chi connectivity index (χ1) is 9.27. The van der Waals surface area contributed by atoms with E-state index < -0.39 is 0 Å². The van der Waals surface area contributed by atoms with Crippen LogP contribution in [-0.4, -0.2) is 32.8 Å². The van der Waals surface area contributed by atoms with Gasteiger partial charge in [0.05, 0.1) is 0 Å². The highest BCUT2D eigenvalue weighted by Crippen LogP contribution is 2.16. The summed E-state index contributed by atoms with van der Waals surface area (Å²) >= 11 is 0. The molecule has 1 rings (SSSR count). The van der Waals surface area contributed by atoms with E-state index in [0.717, 1.165) is 25.0 Å². The van der Waals surface area contributed by atoms with Crippen molar-refractivity contribution in [2.45, 2.75) is 19.4 Å². The highest BCUT2D eigenvalue weighted by molar-refractivity contribution is 5.77. The fourth-order valence-corrected chi connectivity index (χ4v) is 1.61. The lowest BCUT2D eigenvalue weighted by Gasteiger charge is -2.10. The van der Waals surface area contributed by atoms with E-state index in [0.29, 0.717) is 18.8 Å². The van der Waals surface area contributed by atoms with E-state index in [-0.39, 0.29) is 12.5 Å². The van der Waals surface area contributed by atoms with Crippen LogP contribution in [0.5, 0.6) is 5.75 Å². The smallest absolute Gasteiger partial charge is 0.257 e. The van der Waals surface area contributed by atoms with Crippen LogP contribution in [0.4, 0.5) is 0 Å². The third-order valence-corrected chi connectivity index (χ3v) is 2.65. The molecule has 0 aromatic heterocycles. The minimum atomic E-state index is -0.121. The molecule has 1 aromatic rings. The van der Waals surface area contributed by atoms with Crippen LogP contribution in [0.25, 0.3) is 0 Å². The molecule has 0 heterocycles. The standard InChI is InChI=1S/C14H22N2O3/c1-18-9-5-4-8-16-14(17)11-19-13-7-3-2-6-12(13)10-15/h2-3,6-7H,4-5,8-11,15H2,1H3,(H,16,17). The molecule has 0 saturated heterocycles. The van der Waals surface area contributed by atoms with E-state index in [1.54, 1.807) is 7.11 Å². The third-order valence-electron chi connectivity index (χ3n) is 2.65. The number of hydrogen-bond acceptors (Lipinski definition) is 4. The summed E-state index contributed by atoms with van der Waals surface area (Å²) in [7, 11) is 1.67. The van der Waals surface area contributed by atoms with E-state index in [1.807, 2.05) is 24.3 Å². The van der Waals surface area contributed by atoms with Crippen molar-refractivity contribution < 1.29 is 14.3 Å². The molecule has 0 aliphatic heterocycles. The van der Waals surface area contributed by atoms with Crippen LogP contribution < -0.4 is 15.8 Å². The van der Waals surface area contributed by atoms with Crippen LogP contribution in [0.3, 0.4) is 0 Å². The normalized spacial score (nSPS) is 10.2. The highest BCUT2D eigenvalue weighted by atomic mass is 16.5. The van der Waals surface area contributed by atoms with Crippen molar-refractivity contribution in [2.24, 2.45) is 5.73 Å². The molecule has 0 saturated carbocycles. The number of hydrogen-bond donors (Lipinski definition) is 2. The van der Waals surface area contributed by atoms with Crippen LogP contribution in [0, 0.1) is 0 Å². The zero-order valence-electron chi connectivity index (χ0n) is 11.4. The molecule has 0 fully saturated rings.